The number of carbonyl (C=O) groups excluding carboxylic acids is 2. The number of ether oxygens (including phenoxy) is 2. The zero-order valence-corrected chi connectivity index (χ0v) is 26.0. The molecule has 2 amide bonds. The number of halogens is 2. The molecule has 0 aromatic heterocycles. The van der Waals surface area contributed by atoms with Crippen molar-refractivity contribution in [1.82, 2.24) is 10.2 Å². The normalized spacial score (nSPS) is 12.0. The molecule has 0 saturated carbocycles. The van der Waals surface area contributed by atoms with E-state index in [0.29, 0.717) is 53.2 Å². The van der Waals surface area contributed by atoms with Crippen molar-refractivity contribution in [2.75, 3.05) is 13.2 Å². The van der Waals surface area contributed by atoms with Crippen molar-refractivity contribution in [2.24, 2.45) is 0 Å². The second-order valence-electron chi connectivity index (χ2n) is 10.8. The van der Waals surface area contributed by atoms with Crippen LogP contribution in [0.2, 0.25) is 10.0 Å². The summed E-state index contributed by atoms with van der Waals surface area (Å²) in [5.41, 5.74) is 2.13. The highest BCUT2D eigenvalue weighted by molar-refractivity contribution is 6.35. The van der Waals surface area contributed by atoms with E-state index in [0.717, 1.165) is 11.1 Å². The molecule has 0 aliphatic heterocycles. The predicted octanol–water partition coefficient (Wildman–Crippen LogP) is 7.28. The zero-order valence-electron chi connectivity index (χ0n) is 24.5. The Morgan fingerprint density at radius 1 is 0.878 bits per heavy atom. The first-order valence-electron chi connectivity index (χ1n) is 14.0. The summed E-state index contributed by atoms with van der Waals surface area (Å²) in [7, 11) is 0. The first-order valence-corrected chi connectivity index (χ1v) is 14.7. The van der Waals surface area contributed by atoms with Crippen LogP contribution in [0.4, 0.5) is 0 Å². The average molecular weight is 600 g/mol. The molecular formula is C33H40Cl2N2O4. The molecular weight excluding hydrogens is 559 g/mol. The van der Waals surface area contributed by atoms with Crippen molar-refractivity contribution < 1.29 is 19.1 Å². The first-order chi connectivity index (χ1) is 19.5. The molecule has 1 atom stereocenters. The number of nitrogens with one attached hydrogen (secondary N) is 1. The van der Waals surface area contributed by atoms with Gasteiger partial charge in [-0.05, 0) is 82.0 Å². The summed E-state index contributed by atoms with van der Waals surface area (Å²) >= 11 is 12.7. The second kappa shape index (κ2) is 15.1. The van der Waals surface area contributed by atoms with E-state index >= 15 is 0 Å². The van der Waals surface area contributed by atoms with E-state index in [2.05, 4.69) is 5.32 Å². The Bertz CT molecular complexity index is 1310. The summed E-state index contributed by atoms with van der Waals surface area (Å²) < 4.78 is 11.5. The molecule has 0 heterocycles. The van der Waals surface area contributed by atoms with E-state index in [4.69, 9.17) is 32.7 Å². The largest absolute Gasteiger partial charge is 0.490 e. The molecule has 220 valence electrons. The van der Waals surface area contributed by atoms with Crippen LogP contribution in [0.15, 0.2) is 66.7 Å². The van der Waals surface area contributed by atoms with Crippen molar-refractivity contribution in [3.8, 4) is 11.5 Å². The second-order valence-corrected chi connectivity index (χ2v) is 11.7. The van der Waals surface area contributed by atoms with Crippen molar-refractivity contribution >= 4 is 35.0 Å². The van der Waals surface area contributed by atoms with Gasteiger partial charge >= 0.3 is 0 Å². The van der Waals surface area contributed by atoms with Crippen molar-refractivity contribution in [3.05, 3.63) is 93.5 Å². The Morgan fingerprint density at radius 3 is 2.20 bits per heavy atom. The summed E-state index contributed by atoms with van der Waals surface area (Å²) in [6, 6.07) is 19.9. The maximum absolute atomic E-state index is 14.0. The fourth-order valence-corrected chi connectivity index (χ4v) is 4.95. The van der Waals surface area contributed by atoms with E-state index in [1.54, 1.807) is 23.1 Å². The summed E-state index contributed by atoms with van der Waals surface area (Å²) in [6.45, 7) is 10.8. The number of amides is 2. The summed E-state index contributed by atoms with van der Waals surface area (Å²) in [5.74, 6) is 0.938. The van der Waals surface area contributed by atoms with Crippen molar-refractivity contribution in [1.29, 1.82) is 0 Å². The molecule has 1 unspecified atom stereocenters. The lowest BCUT2D eigenvalue weighted by Crippen LogP contribution is -2.54. The van der Waals surface area contributed by atoms with Crippen LogP contribution in [0.5, 0.6) is 11.5 Å². The third-order valence-electron chi connectivity index (χ3n) is 6.36. The highest BCUT2D eigenvalue weighted by Gasteiger charge is 2.32. The third-order valence-corrected chi connectivity index (χ3v) is 6.95. The molecule has 41 heavy (non-hydrogen) atoms. The number of carbonyl (C=O) groups is 2. The van der Waals surface area contributed by atoms with Gasteiger partial charge in [0.05, 0.1) is 13.2 Å². The quantitative estimate of drug-likeness (QED) is 0.224. The van der Waals surface area contributed by atoms with Crippen LogP contribution in [0.3, 0.4) is 0 Å². The summed E-state index contributed by atoms with van der Waals surface area (Å²) in [6.07, 6.45) is 1.02. The van der Waals surface area contributed by atoms with Gasteiger partial charge in [-0.2, -0.15) is 0 Å². The van der Waals surface area contributed by atoms with Crippen molar-refractivity contribution in [3.63, 3.8) is 0 Å². The van der Waals surface area contributed by atoms with Crippen LogP contribution in [0, 0.1) is 0 Å². The summed E-state index contributed by atoms with van der Waals surface area (Å²) in [4.78, 5) is 29.4. The molecule has 0 aliphatic rings. The Kier molecular flexibility index (Phi) is 11.9. The number of rotatable bonds is 13. The molecule has 0 fully saturated rings. The van der Waals surface area contributed by atoms with E-state index in [-0.39, 0.29) is 24.8 Å². The van der Waals surface area contributed by atoms with Gasteiger partial charge < -0.3 is 19.7 Å². The molecule has 0 aliphatic carbocycles. The lowest BCUT2D eigenvalue weighted by molar-refractivity contribution is -0.141. The molecule has 3 aromatic carbocycles. The molecule has 6 nitrogen and oxygen atoms in total. The predicted molar refractivity (Wildman–Crippen MR) is 166 cm³/mol. The van der Waals surface area contributed by atoms with Gasteiger partial charge in [0.25, 0.3) is 0 Å². The average Bonchev–Trinajstić information content (AvgIpc) is 2.91. The van der Waals surface area contributed by atoms with Crippen LogP contribution < -0.4 is 14.8 Å². The number of aryl methyl sites for hydroxylation is 1. The SMILES string of the molecule is CCOc1ccc(CCC(=O)N(Cc2ccc(Cl)cc2Cl)C(Cc2ccccc2)C(=O)NC(C)(C)C)cc1OCC. The molecule has 0 radical (unpaired) electrons. The van der Waals surface area contributed by atoms with Gasteiger partial charge in [-0.25, -0.2) is 0 Å². The van der Waals surface area contributed by atoms with Crippen LogP contribution in [0.1, 0.15) is 57.7 Å². The highest BCUT2D eigenvalue weighted by atomic mass is 35.5. The van der Waals surface area contributed by atoms with Gasteiger partial charge in [-0.15, -0.1) is 0 Å². The lowest BCUT2D eigenvalue weighted by atomic mass is 9.99. The van der Waals surface area contributed by atoms with Gasteiger partial charge in [-0.3, -0.25) is 9.59 Å². The van der Waals surface area contributed by atoms with Gasteiger partial charge in [0.1, 0.15) is 6.04 Å². The molecule has 8 heteroatoms. The van der Waals surface area contributed by atoms with Crippen LogP contribution in [0.25, 0.3) is 0 Å². The first kappa shape index (κ1) is 32.3. The number of hydrogen-bond acceptors (Lipinski definition) is 4. The van der Waals surface area contributed by atoms with Crippen LogP contribution in [-0.2, 0) is 29.0 Å². The van der Waals surface area contributed by atoms with E-state index in [1.807, 2.05) is 83.1 Å². The topological polar surface area (TPSA) is 67.9 Å². The Balaban J connectivity index is 1.95. The van der Waals surface area contributed by atoms with Gasteiger partial charge in [0.15, 0.2) is 11.5 Å². The fraction of sp³-hybridized carbons (Fsp3) is 0.394. The molecule has 1 N–H and O–H groups in total. The van der Waals surface area contributed by atoms with E-state index in [9.17, 15) is 9.59 Å². The minimum atomic E-state index is -0.754. The Hall–Kier alpha value is -3.22. The Labute approximate surface area is 253 Å². The maximum atomic E-state index is 14.0. The number of benzene rings is 3. The molecule has 3 aromatic rings. The smallest absolute Gasteiger partial charge is 0.243 e. The van der Waals surface area contributed by atoms with E-state index < -0.39 is 11.6 Å². The molecule has 0 saturated heterocycles. The van der Waals surface area contributed by atoms with Crippen LogP contribution >= 0.6 is 23.2 Å². The number of hydrogen-bond donors (Lipinski definition) is 1. The van der Waals surface area contributed by atoms with E-state index in [1.165, 1.54) is 0 Å². The number of nitrogens with zero attached hydrogens (tertiary/aromatic N) is 1. The third kappa shape index (κ3) is 9.98. The zero-order chi connectivity index (χ0) is 30.0. The minimum absolute atomic E-state index is 0.159. The van der Waals surface area contributed by atoms with Gasteiger partial charge in [-0.1, -0.05) is 65.7 Å². The van der Waals surface area contributed by atoms with Crippen LogP contribution in [-0.4, -0.2) is 41.5 Å². The maximum Gasteiger partial charge on any atom is 0.243 e. The van der Waals surface area contributed by atoms with Gasteiger partial charge in [0.2, 0.25) is 11.8 Å². The molecule has 3 rings (SSSR count). The highest BCUT2D eigenvalue weighted by Crippen LogP contribution is 2.30. The summed E-state index contributed by atoms with van der Waals surface area (Å²) in [5, 5.41) is 4.03. The molecule has 0 bridgehead atoms. The lowest BCUT2D eigenvalue weighted by Gasteiger charge is -2.34. The fourth-order valence-electron chi connectivity index (χ4n) is 4.49. The van der Waals surface area contributed by atoms with Crippen molar-refractivity contribution in [2.45, 2.75) is 72.0 Å². The Morgan fingerprint density at radius 2 is 1.56 bits per heavy atom. The monoisotopic (exact) mass is 598 g/mol. The minimum Gasteiger partial charge on any atom is -0.490 e. The molecule has 0 spiro atoms. The van der Waals surface area contributed by atoms with Gasteiger partial charge in [0, 0.05) is 35.0 Å². The standard InChI is InChI=1S/C33H40Cl2N2O4/c1-6-40-29-17-13-24(20-30(29)41-7-2)14-18-31(38)37(22-25-15-16-26(34)21-27(25)35)28(32(39)36-33(3,4)5)19-23-11-9-8-10-12-23/h8-13,15-17,20-21,28H,6-7,14,18-19,22H2,1-5H3,(H,36,39).